The van der Waals surface area contributed by atoms with Gasteiger partial charge < -0.3 is 19.6 Å². The van der Waals surface area contributed by atoms with Crippen molar-refractivity contribution in [3.8, 4) is 18.1 Å². The summed E-state index contributed by atoms with van der Waals surface area (Å²) in [6, 6.07) is 8.43. The van der Waals surface area contributed by atoms with E-state index in [9.17, 15) is 28.3 Å². The summed E-state index contributed by atoms with van der Waals surface area (Å²) in [6.45, 7) is 0.482. The van der Waals surface area contributed by atoms with Crippen molar-refractivity contribution < 1.29 is 33.0 Å². The highest BCUT2D eigenvalue weighted by atomic mass is 35.5. The van der Waals surface area contributed by atoms with Gasteiger partial charge in [-0.05, 0) is 49.7 Å². The first kappa shape index (κ1) is 28.1. The van der Waals surface area contributed by atoms with Gasteiger partial charge in [0.25, 0.3) is 11.8 Å². The molecule has 3 heterocycles. The summed E-state index contributed by atoms with van der Waals surface area (Å²) in [5.74, 6) is 0.495. The van der Waals surface area contributed by atoms with Crippen LogP contribution in [0.2, 0.25) is 5.02 Å². The van der Waals surface area contributed by atoms with E-state index < -0.39 is 30.6 Å². The van der Waals surface area contributed by atoms with Crippen LogP contribution in [0.5, 0.6) is 5.75 Å². The molecule has 0 aliphatic carbocycles. The van der Waals surface area contributed by atoms with Gasteiger partial charge in [-0.2, -0.15) is 13.9 Å². The molecular weight excluding hydrogens is 558 g/mol. The second-order valence-corrected chi connectivity index (χ2v) is 10.4. The van der Waals surface area contributed by atoms with E-state index in [1.807, 2.05) is 6.92 Å². The highest BCUT2D eigenvalue weighted by molar-refractivity contribution is 6.31. The van der Waals surface area contributed by atoms with Crippen molar-refractivity contribution in [3.05, 3.63) is 81.1 Å². The first-order chi connectivity index (χ1) is 19.5. The summed E-state index contributed by atoms with van der Waals surface area (Å²) in [6.07, 6.45) is 5.83. The molecule has 2 aromatic carbocycles. The van der Waals surface area contributed by atoms with Gasteiger partial charge in [0.15, 0.2) is 6.04 Å². The van der Waals surface area contributed by atoms with E-state index in [0.717, 1.165) is 0 Å². The van der Waals surface area contributed by atoms with Crippen LogP contribution in [0.3, 0.4) is 0 Å². The first-order valence-corrected chi connectivity index (χ1v) is 13.1. The largest absolute Gasteiger partial charge is 0.480 e. The third-order valence-electron chi connectivity index (χ3n) is 7.54. The molecule has 0 saturated heterocycles. The van der Waals surface area contributed by atoms with Gasteiger partial charge in [0.2, 0.25) is 0 Å². The van der Waals surface area contributed by atoms with Crippen LogP contribution in [0.15, 0.2) is 42.5 Å². The number of hydrogen-bond acceptors (Lipinski definition) is 5. The predicted molar refractivity (Wildman–Crippen MR) is 144 cm³/mol. The zero-order valence-electron chi connectivity index (χ0n) is 22.1. The lowest BCUT2D eigenvalue weighted by molar-refractivity contribution is -0.142. The topological polar surface area (TPSA) is 105 Å². The summed E-state index contributed by atoms with van der Waals surface area (Å²) in [4.78, 5) is 42.8. The Kier molecular flexibility index (Phi) is 7.44. The van der Waals surface area contributed by atoms with Gasteiger partial charge in [0.05, 0.1) is 29.8 Å². The SMILES string of the molecule is C#Cc1cc(C(=O)N2Cc3c(nn4c3C(=O)N(C(C)c3ccc(OC(F)F)cc3)CC4C(=O)O)C[C@H]2C)ccc1Cl. The number of carbonyl (C=O) groups is 3. The molecule has 5 rings (SSSR count). The molecule has 3 aromatic rings. The number of rotatable bonds is 6. The molecule has 12 heteroatoms. The van der Waals surface area contributed by atoms with Gasteiger partial charge in [-0.25, -0.2) is 9.48 Å². The Balaban J connectivity index is 1.48. The Labute approximate surface area is 239 Å². The van der Waals surface area contributed by atoms with Gasteiger partial charge in [-0.1, -0.05) is 29.7 Å². The number of aromatic nitrogens is 2. The molecule has 0 radical (unpaired) electrons. The second kappa shape index (κ2) is 10.9. The molecule has 2 amide bonds. The number of carboxylic acid groups (broad SMARTS) is 1. The summed E-state index contributed by atoms with van der Waals surface area (Å²) in [5.41, 5.74) is 2.46. The van der Waals surface area contributed by atoms with Crippen molar-refractivity contribution in [1.29, 1.82) is 0 Å². The lowest BCUT2D eigenvalue weighted by Crippen LogP contribution is -2.47. The van der Waals surface area contributed by atoms with Crippen LogP contribution in [-0.4, -0.2) is 61.7 Å². The number of carbonyl (C=O) groups excluding carboxylic acids is 2. The van der Waals surface area contributed by atoms with Crippen LogP contribution in [-0.2, 0) is 17.8 Å². The zero-order valence-corrected chi connectivity index (χ0v) is 22.8. The Morgan fingerprint density at radius 1 is 1.22 bits per heavy atom. The number of benzene rings is 2. The number of alkyl halides is 2. The molecule has 2 aliphatic heterocycles. The monoisotopic (exact) mass is 582 g/mol. The molecule has 0 spiro atoms. The van der Waals surface area contributed by atoms with Crippen LogP contribution < -0.4 is 4.74 Å². The summed E-state index contributed by atoms with van der Waals surface area (Å²) < 4.78 is 30.8. The van der Waals surface area contributed by atoms with Crippen molar-refractivity contribution >= 4 is 29.4 Å². The third kappa shape index (κ3) is 5.11. The Morgan fingerprint density at radius 3 is 2.56 bits per heavy atom. The minimum absolute atomic E-state index is 0.0367. The smallest absolute Gasteiger partial charge is 0.387 e. The van der Waals surface area contributed by atoms with E-state index >= 15 is 0 Å². The zero-order chi connectivity index (χ0) is 29.6. The van der Waals surface area contributed by atoms with Gasteiger partial charge in [-0.15, -0.1) is 6.42 Å². The average molecular weight is 583 g/mol. The molecular formula is C29H25ClF2N4O5. The highest BCUT2D eigenvalue weighted by Crippen LogP contribution is 2.36. The fourth-order valence-electron chi connectivity index (χ4n) is 5.33. The first-order valence-electron chi connectivity index (χ1n) is 12.8. The van der Waals surface area contributed by atoms with E-state index in [-0.39, 0.29) is 36.5 Å². The molecule has 2 aliphatic rings. The summed E-state index contributed by atoms with van der Waals surface area (Å²) in [5, 5.41) is 14.9. The minimum Gasteiger partial charge on any atom is -0.480 e. The fourth-order valence-corrected chi connectivity index (χ4v) is 5.50. The lowest BCUT2D eigenvalue weighted by atomic mass is 9.96. The summed E-state index contributed by atoms with van der Waals surface area (Å²) >= 11 is 6.11. The normalized spacial score (nSPS) is 18.9. The summed E-state index contributed by atoms with van der Waals surface area (Å²) in [7, 11) is 0. The minimum atomic E-state index is -2.97. The molecule has 3 atom stereocenters. The number of halogens is 3. The average Bonchev–Trinajstić information content (AvgIpc) is 3.30. The van der Waals surface area contributed by atoms with Gasteiger partial charge in [0.1, 0.15) is 11.4 Å². The Bertz CT molecular complexity index is 1580. The maximum atomic E-state index is 13.9. The van der Waals surface area contributed by atoms with Crippen molar-refractivity contribution in [3.63, 3.8) is 0 Å². The van der Waals surface area contributed by atoms with Gasteiger partial charge in [-0.3, -0.25) is 9.59 Å². The molecule has 9 nitrogen and oxygen atoms in total. The van der Waals surface area contributed by atoms with E-state index in [1.165, 1.54) is 27.8 Å². The predicted octanol–water partition coefficient (Wildman–Crippen LogP) is 4.55. The van der Waals surface area contributed by atoms with Crippen LogP contribution in [0, 0.1) is 12.3 Å². The van der Waals surface area contributed by atoms with E-state index in [1.54, 1.807) is 36.1 Å². The number of nitrogens with zero attached hydrogens (tertiary/aromatic N) is 4. The molecule has 0 fully saturated rings. The number of aliphatic carboxylic acids is 1. The maximum Gasteiger partial charge on any atom is 0.387 e. The standard InChI is InChI=1S/C29H25ClF2N4O5/c1-4-17-12-19(7-10-22(17)30)26(37)34-13-21-23(11-15(34)2)33-36-24(28(39)40)14-35(27(38)25(21)36)16(3)18-5-8-20(9-6-18)41-29(31)32/h1,5-10,12,15-16,24,29H,11,13-14H2,2-3H3,(H,39,40)/t15-,16?,24?/m1/s1. The van der Waals surface area contributed by atoms with Gasteiger partial charge in [0, 0.05) is 29.2 Å². The number of ether oxygens (including phenoxy) is 1. The Morgan fingerprint density at radius 2 is 1.93 bits per heavy atom. The molecule has 1 N–H and O–H groups in total. The van der Waals surface area contributed by atoms with Crippen LogP contribution in [0.4, 0.5) is 8.78 Å². The van der Waals surface area contributed by atoms with E-state index in [2.05, 4.69) is 15.8 Å². The fraction of sp³-hybridized carbons (Fsp3) is 0.310. The number of fused-ring (bicyclic) bond motifs is 3. The maximum absolute atomic E-state index is 13.9. The number of amides is 2. The van der Waals surface area contributed by atoms with E-state index in [4.69, 9.17) is 18.0 Å². The number of hydrogen-bond donors (Lipinski definition) is 1. The van der Waals surface area contributed by atoms with Gasteiger partial charge >= 0.3 is 12.6 Å². The van der Waals surface area contributed by atoms with Crippen molar-refractivity contribution in [2.45, 2.75) is 51.6 Å². The number of carboxylic acids is 1. The molecule has 1 aromatic heterocycles. The lowest BCUT2D eigenvalue weighted by Gasteiger charge is -2.37. The van der Waals surface area contributed by atoms with Crippen LogP contribution >= 0.6 is 11.6 Å². The Hall–Kier alpha value is -4.43. The molecule has 0 bridgehead atoms. The van der Waals surface area contributed by atoms with Crippen molar-refractivity contribution in [2.75, 3.05) is 6.54 Å². The molecule has 41 heavy (non-hydrogen) atoms. The second-order valence-electron chi connectivity index (χ2n) is 9.98. The molecule has 212 valence electrons. The highest BCUT2D eigenvalue weighted by Gasteiger charge is 2.43. The van der Waals surface area contributed by atoms with Crippen LogP contribution in [0.25, 0.3) is 0 Å². The number of terminal acetylenes is 1. The quantitative estimate of drug-likeness (QED) is 0.428. The molecule has 0 saturated carbocycles. The van der Waals surface area contributed by atoms with Crippen LogP contribution in [0.1, 0.15) is 69.2 Å². The third-order valence-corrected chi connectivity index (χ3v) is 7.87. The van der Waals surface area contributed by atoms with Crippen molar-refractivity contribution in [2.24, 2.45) is 0 Å². The van der Waals surface area contributed by atoms with Crippen molar-refractivity contribution in [1.82, 2.24) is 19.6 Å². The molecule has 2 unspecified atom stereocenters. The van der Waals surface area contributed by atoms with E-state index in [0.29, 0.717) is 39.4 Å².